The summed E-state index contributed by atoms with van der Waals surface area (Å²) in [6.07, 6.45) is 1.33. The third-order valence-electron chi connectivity index (χ3n) is 4.93. The normalized spacial score (nSPS) is 14.2. The molecule has 2 N–H and O–H groups in total. The number of piperidine rings is 1. The minimum atomic E-state index is -0.280. The van der Waals surface area contributed by atoms with Gasteiger partial charge in [-0.05, 0) is 37.1 Å². The minimum absolute atomic E-state index is 0.0159. The Morgan fingerprint density at radius 2 is 1.66 bits per heavy atom. The van der Waals surface area contributed by atoms with E-state index in [1.807, 2.05) is 18.2 Å². The van der Waals surface area contributed by atoms with Crippen molar-refractivity contribution in [3.63, 3.8) is 0 Å². The molecule has 29 heavy (non-hydrogen) atoms. The summed E-state index contributed by atoms with van der Waals surface area (Å²) in [6, 6.07) is 15.9. The molecule has 1 fully saturated rings. The van der Waals surface area contributed by atoms with Gasteiger partial charge in [0.05, 0.1) is 19.2 Å². The van der Waals surface area contributed by atoms with Crippen LogP contribution in [0.15, 0.2) is 54.6 Å². The summed E-state index contributed by atoms with van der Waals surface area (Å²) in [7, 11) is 1.55. The summed E-state index contributed by atoms with van der Waals surface area (Å²) >= 11 is 0. The summed E-state index contributed by atoms with van der Waals surface area (Å²) in [6.45, 7) is 1.03. The summed E-state index contributed by atoms with van der Waals surface area (Å²) in [5.41, 5.74) is 1.06. The molecule has 7 nitrogen and oxygen atoms in total. The van der Waals surface area contributed by atoms with Crippen LogP contribution < -0.4 is 15.4 Å². The molecule has 3 amide bonds. The fourth-order valence-electron chi connectivity index (χ4n) is 3.35. The molecule has 2 aromatic rings. The second-order valence-electron chi connectivity index (χ2n) is 6.88. The van der Waals surface area contributed by atoms with Gasteiger partial charge in [0.25, 0.3) is 11.8 Å². The molecule has 1 aliphatic rings. The Bertz CT molecular complexity index is 861. The first-order valence-corrected chi connectivity index (χ1v) is 9.63. The SMILES string of the molecule is COc1ccccc1C(=O)N1CCC(NC(=O)CNC(=O)c2ccccc2)CC1. The number of carbonyl (C=O) groups excluding carboxylic acids is 3. The highest BCUT2D eigenvalue weighted by Gasteiger charge is 2.26. The van der Waals surface area contributed by atoms with E-state index < -0.39 is 0 Å². The maximum atomic E-state index is 12.7. The zero-order valence-corrected chi connectivity index (χ0v) is 16.4. The average molecular weight is 395 g/mol. The topological polar surface area (TPSA) is 87.7 Å². The van der Waals surface area contributed by atoms with Gasteiger partial charge in [0.2, 0.25) is 5.91 Å². The number of nitrogens with one attached hydrogen (secondary N) is 2. The summed E-state index contributed by atoms with van der Waals surface area (Å²) in [5.74, 6) is -0.0220. The van der Waals surface area contributed by atoms with Gasteiger partial charge >= 0.3 is 0 Å². The molecule has 1 heterocycles. The standard InChI is InChI=1S/C22H25N3O4/c1-29-19-10-6-5-9-18(19)22(28)25-13-11-17(12-14-25)24-20(26)15-23-21(27)16-7-3-2-4-8-16/h2-10,17H,11-15H2,1H3,(H,23,27)(H,24,26). The highest BCUT2D eigenvalue weighted by molar-refractivity contribution is 5.97. The number of benzene rings is 2. The molecule has 0 saturated carbocycles. The van der Waals surface area contributed by atoms with Crippen LogP contribution in [0.3, 0.4) is 0 Å². The molecule has 0 bridgehead atoms. The fraction of sp³-hybridized carbons (Fsp3) is 0.318. The van der Waals surface area contributed by atoms with Crippen LogP contribution in [-0.4, -0.2) is 55.4 Å². The number of nitrogens with zero attached hydrogens (tertiary/aromatic N) is 1. The van der Waals surface area contributed by atoms with Crippen molar-refractivity contribution in [2.75, 3.05) is 26.7 Å². The molecule has 3 rings (SSSR count). The Kier molecular flexibility index (Phi) is 6.84. The van der Waals surface area contributed by atoms with E-state index in [9.17, 15) is 14.4 Å². The lowest BCUT2D eigenvalue weighted by atomic mass is 10.0. The molecular weight excluding hydrogens is 370 g/mol. The van der Waals surface area contributed by atoms with Crippen molar-refractivity contribution in [3.05, 3.63) is 65.7 Å². The number of para-hydroxylation sites is 1. The molecule has 0 radical (unpaired) electrons. The molecule has 0 unspecified atom stereocenters. The fourth-order valence-corrected chi connectivity index (χ4v) is 3.35. The molecule has 2 aromatic carbocycles. The van der Waals surface area contributed by atoms with Gasteiger partial charge in [0.15, 0.2) is 0 Å². The highest BCUT2D eigenvalue weighted by Crippen LogP contribution is 2.21. The molecule has 0 spiro atoms. The minimum Gasteiger partial charge on any atom is -0.496 e. The number of methoxy groups -OCH3 is 1. The van der Waals surface area contributed by atoms with Crippen LogP contribution in [0.25, 0.3) is 0 Å². The second kappa shape index (κ2) is 9.73. The summed E-state index contributed by atoms with van der Waals surface area (Å²) in [4.78, 5) is 38.7. The number of carbonyl (C=O) groups is 3. The molecule has 7 heteroatoms. The largest absolute Gasteiger partial charge is 0.496 e. The quantitative estimate of drug-likeness (QED) is 0.781. The molecule has 0 atom stereocenters. The first-order valence-electron chi connectivity index (χ1n) is 9.63. The van der Waals surface area contributed by atoms with E-state index in [4.69, 9.17) is 4.74 Å². The Hall–Kier alpha value is -3.35. The van der Waals surface area contributed by atoms with E-state index in [1.165, 1.54) is 0 Å². The molecular formula is C22H25N3O4. The van der Waals surface area contributed by atoms with Crippen molar-refractivity contribution < 1.29 is 19.1 Å². The molecule has 152 valence electrons. The number of rotatable bonds is 6. The van der Waals surface area contributed by atoms with Crippen molar-refractivity contribution in [2.24, 2.45) is 0 Å². The first kappa shape index (κ1) is 20.4. The number of amides is 3. The zero-order chi connectivity index (χ0) is 20.6. The van der Waals surface area contributed by atoms with E-state index in [2.05, 4.69) is 10.6 Å². The van der Waals surface area contributed by atoms with E-state index in [0.29, 0.717) is 42.8 Å². The van der Waals surface area contributed by atoms with Crippen molar-refractivity contribution >= 4 is 17.7 Å². The molecule has 1 saturated heterocycles. The van der Waals surface area contributed by atoms with Crippen LogP contribution in [0.4, 0.5) is 0 Å². The number of likely N-dealkylation sites (tertiary alicyclic amines) is 1. The van der Waals surface area contributed by atoms with Crippen LogP contribution in [0.1, 0.15) is 33.6 Å². The van der Waals surface area contributed by atoms with Gasteiger partial charge in [-0.2, -0.15) is 0 Å². The van der Waals surface area contributed by atoms with Crippen molar-refractivity contribution in [3.8, 4) is 5.75 Å². The van der Waals surface area contributed by atoms with Crippen molar-refractivity contribution in [2.45, 2.75) is 18.9 Å². The zero-order valence-electron chi connectivity index (χ0n) is 16.4. The predicted octanol–water partition coefficient (Wildman–Crippen LogP) is 1.85. The molecule has 0 aliphatic carbocycles. The molecule has 0 aromatic heterocycles. The van der Waals surface area contributed by atoms with Gasteiger partial charge in [0.1, 0.15) is 5.75 Å². The van der Waals surface area contributed by atoms with Gasteiger partial charge in [-0.3, -0.25) is 14.4 Å². The Morgan fingerprint density at radius 3 is 2.34 bits per heavy atom. The van der Waals surface area contributed by atoms with Crippen molar-refractivity contribution in [1.82, 2.24) is 15.5 Å². The second-order valence-corrected chi connectivity index (χ2v) is 6.88. The van der Waals surface area contributed by atoms with Crippen LogP contribution in [0.2, 0.25) is 0 Å². The summed E-state index contributed by atoms with van der Waals surface area (Å²) in [5, 5.41) is 5.55. The third-order valence-corrected chi connectivity index (χ3v) is 4.93. The van der Waals surface area contributed by atoms with E-state index in [-0.39, 0.29) is 30.3 Å². The van der Waals surface area contributed by atoms with Gasteiger partial charge in [-0.25, -0.2) is 0 Å². The Labute approximate surface area is 170 Å². The Balaban J connectivity index is 1.44. The van der Waals surface area contributed by atoms with Crippen LogP contribution in [0, 0.1) is 0 Å². The van der Waals surface area contributed by atoms with Gasteiger partial charge in [0, 0.05) is 24.7 Å². The van der Waals surface area contributed by atoms with E-state index in [0.717, 1.165) is 0 Å². The monoisotopic (exact) mass is 395 g/mol. The lowest BCUT2D eigenvalue weighted by Gasteiger charge is -2.32. The van der Waals surface area contributed by atoms with Crippen LogP contribution in [-0.2, 0) is 4.79 Å². The van der Waals surface area contributed by atoms with E-state index in [1.54, 1.807) is 48.4 Å². The van der Waals surface area contributed by atoms with Crippen molar-refractivity contribution in [1.29, 1.82) is 0 Å². The number of ether oxygens (including phenoxy) is 1. The van der Waals surface area contributed by atoms with Crippen LogP contribution >= 0.6 is 0 Å². The smallest absolute Gasteiger partial charge is 0.257 e. The lowest BCUT2D eigenvalue weighted by Crippen LogP contribution is -2.48. The maximum Gasteiger partial charge on any atom is 0.257 e. The van der Waals surface area contributed by atoms with Gasteiger partial charge < -0.3 is 20.3 Å². The average Bonchev–Trinajstić information content (AvgIpc) is 2.78. The maximum absolute atomic E-state index is 12.7. The van der Waals surface area contributed by atoms with Gasteiger partial charge in [-0.15, -0.1) is 0 Å². The van der Waals surface area contributed by atoms with E-state index >= 15 is 0 Å². The molecule has 1 aliphatic heterocycles. The highest BCUT2D eigenvalue weighted by atomic mass is 16.5. The first-order chi connectivity index (χ1) is 14.1. The number of hydrogen-bond acceptors (Lipinski definition) is 4. The summed E-state index contributed by atoms with van der Waals surface area (Å²) < 4.78 is 5.27. The third kappa shape index (κ3) is 5.34. The number of hydrogen-bond donors (Lipinski definition) is 2. The lowest BCUT2D eigenvalue weighted by molar-refractivity contribution is -0.121. The van der Waals surface area contributed by atoms with Crippen LogP contribution in [0.5, 0.6) is 5.75 Å². The van der Waals surface area contributed by atoms with Gasteiger partial charge in [-0.1, -0.05) is 30.3 Å². The Morgan fingerprint density at radius 1 is 1.00 bits per heavy atom. The predicted molar refractivity (Wildman–Crippen MR) is 109 cm³/mol.